The molecule has 5 rings (SSSR count). The van der Waals surface area contributed by atoms with E-state index in [0.29, 0.717) is 24.1 Å². The number of aromatic carboxylic acids is 1. The SMILES string of the molecule is CC(C)(C)OC(=O)NC(CF)C1CCC(C=O)CC1.COc1ccc([C@H]2CCN(C)C2C)cc1.O=CNc1ccc2[nH]c(C(=O)O)cc2c1. The summed E-state index contributed by atoms with van der Waals surface area (Å²) in [6, 6.07) is 15.3. The minimum Gasteiger partial charge on any atom is -0.497 e. The number of carboxylic acids is 1. The van der Waals surface area contributed by atoms with Gasteiger partial charge in [0.1, 0.15) is 30.0 Å². The number of carbonyl (C=O) groups is 4. The van der Waals surface area contributed by atoms with E-state index in [9.17, 15) is 23.6 Å². The molecule has 2 unspecified atom stereocenters. The van der Waals surface area contributed by atoms with Crippen LogP contribution >= 0.6 is 0 Å². The van der Waals surface area contributed by atoms with Gasteiger partial charge in [0.25, 0.3) is 0 Å². The second-order valence-corrected chi connectivity index (χ2v) is 13.7. The highest BCUT2D eigenvalue weighted by molar-refractivity contribution is 5.95. The quantitative estimate of drug-likeness (QED) is 0.180. The molecule has 49 heavy (non-hydrogen) atoms. The first-order valence-corrected chi connectivity index (χ1v) is 16.7. The summed E-state index contributed by atoms with van der Waals surface area (Å²) < 4.78 is 23.4. The molecule has 268 valence electrons. The van der Waals surface area contributed by atoms with Crippen molar-refractivity contribution in [3.8, 4) is 5.75 Å². The van der Waals surface area contributed by atoms with Crippen molar-refractivity contribution < 1.29 is 38.1 Å². The molecule has 2 amide bonds. The molecule has 2 fully saturated rings. The van der Waals surface area contributed by atoms with Gasteiger partial charge in [-0.05, 0) is 121 Å². The second-order valence-electron chi connectivity index (χ2n) is 13.7. The smallest absolute Gasteiger partial charge is 0.407 e. The Morgan fingerprint density at radius 1 is 1.06 bits per heavy atom. The fourth-order valence-electron chi connectivity index (χ4n) is 6.22. The number of aromatic amines is 1. The van der Waals surface area contributed by atoms with E-state index >= 15 is 0 Å². The van der Waals surface area contributed by atoms with E-state index in [4.69, 9.17) is 14.6 Å². The van der Waals surface area contributed by atoms with E-state index in [1.165, 1.54) is 24.6 Å². The number of amides is 2. The number of H-pyrrole nitrogens is 1. The van der Waals surface area contributed by atoms with Gasteiger partial charge in [-0.25, -0.2) is 14.0 Å². The number of likely N-dealkylation sites (N-methyl/N-ethyl adjacent to an activating group) is 1. The molecule has 0 spiro atoms. The molecule has 11 nitrogen and oxygen atoms in total. The summed E-state index contributed by atoms with van der Waals surface area (Å²) >= 11 is 0. The number of alkyl halides is 1. The Morgan fingerprint density at radius 2 is 1.73 bits per heavy atom. The van der Waals surface area contributed by atoms with Crippen LogP contribution in [0.4, 0.5) is 14.9 Å². The summed E-state index contributed by atoms with van der Waals surface area (Å²) in [5.74, 6) is 0.807. The van der Waals surface area contributed by atoms with Gasteiger partial charge in [0.2, 0.25) is 6.41 Å². The summed E-state index contributed by atoms with van der Waals surface area (Å²) in [4.78, 5) is 48.4. The number of hydrogen-bond donors (Lipinski definition) is 4. The predicted octanol–water partition coefficient (Wildman–Crippen LogP) is 6.79. The van der Waals surface area contributed by atoms with Gasteiger partial charge in [0, 0.05) is 34.5 Å². The number of fused-ring (bicyclic) bond motifs is 1. The lowest BCUT2D eigenvalue weighted by Gasteiger charge is -2.31. The predicted molar refractivity (Wildman–Crippen MR) is 188 cm³/mol. The number of aromatic nitrogens is 1. The molecule has 1 saturated heterocycles. The third kappa shape index (κ3) is 11.9. The highest BCUT2D eigenvalue weighted by Gasteiger charge is 2.30. The standard InChI is InChI=1S/C14H24FNO3.C13H19NO.C10H8N2O3/c1-14(2,3)19-13(18)16-12(8-15)11-6-4-10(9-17)5-7-11;1-10-13(8-9-14(10)2)11-4-6-12(15-3)7-5-11;13-5-11-7-1-2-8-6(3-7)4-9(12-8)10(14)15/h9-12H,4-8H2,1-3H3,(H,16,18);4-7,10,13H,8-9H2,1-3H3;1-5,12H,(H,11,13)(H,14,15)/t;10?,13-;/m.0./s1. The van der Waals surface area contributed by atoms with Crippen LogP contribution in [0.5, 0.6) is 5.75 Å². The van der Waals surface area contributed by atoms with Gasteiger partial charge in [-0.2, -0.15) is 0 Å². The molecular weight excluding hydrogens is 631 g/mol. The minimum atomic E-state index is -1.00. The summed E-state index contributed by atoms with van der Waals surface area (Å²) in [7, 11) is 3.91. The number of nitrogens with one attached hydrogen (secondary N) is 3. The van der Waals surface area contributed by atoms with Gasteiger partial charge < -0.3 is 39.9 Å². The van der Waals surface area contributed by atoms with Crippen molar-refractivity contribution >= 4 is 41.3 Å². The average molecular weight is 683 g/mol. The number of anilines is 1. The van der Waals surface area contributed by atoms with Gasteiger partial charge in [0.15, 0.2) is 0 Å². The molecule has 2 heterocycles. The Balaban J connectivity index is 0.000000201. The Labute approximate surface area is 287 Å². The van der Waals surface area contributed by atoms with Crippen molar-refractivity contribution in [1.29, 1.82) is 0 Å². The van der Waals surface area contributed by atoms with Crippen molar-refractivity contribution in [3.05, 3.63) is 59.8 Å². The molecule has 1 saturated carbocycles. The van der Waals surface area contributed by atoms with Crippen LogP contribution in [0.1, 0.15) is 81.8 Å². The summed E-state index contributed by atoms with van der Waals surface area (Å²) in [5, 5.41) is 14.6. The summed E-state index contributed by atoms with van der Waals surface area (Å²) in [6.45, 7) is 8.22. The molecule has 1 aliphatic heterocycles. The maximum atomic E-state index is 13.1. The number of benzene rings is 2. The van der Waals surface area contributed by atoms with Crippen molar-refractivity contribution in [2.75, 3.05) is 32.7 Å². The normalized spacial score (nSPS) is 21.2. The highest BCUT2D eigenvalue weighted by Crippen LogP contribution is 2.33. The van der Waals surface area contributed by atoms with Crippen LogP contribution in [0.3, 0.4) is 0 Å². The Bertz CT molecular complexity index is 1510. The number of methoxy groups -OCH3 is 1. The number of carboxylic acid groups (broad SMARTS) is 1. The first-order valence-electron chi connectivity index (χ1n) is 16.7. The lowest BCUT2D eigenvalue weighted by atomic mass is 9.79. The van der Waals surface area contributed by atoms with Crippen LogP contribution in [0.15, 0.2) is 48.5 Å². The molecule has 1 aliphatic carbocycles. The summed E-state index contributed by atoms with van der Waals surface area (Å²) in [6.07, 6.45) is 5.34. The Kier molecular flexibility index (Phi) is 14.6. The molecule has 4 N–H and O–H groups in total. The third-order valence-corrected chi connectivity index (χ3v) is 9.14. The van der Waals surface area contributed by atoms with Crippen molar-refractivity contribution in [2.24, 2.45) is 11.8 Å². The van der Waals surface area contributed by atoms with E-state index in [-0.39, 0.29) is 17.5 Å². The molecule has 2 aliphatic rings. The van der Waals surface area contributed by atoms with Crippen molar-refractivity contribution in [1.82, 2.24) is 15.2 Å². The zero-order valence-electron chi connectivity index (χ0n) is 29.3. The number of hydrogen-bond acceptors (Lipinski definition) is 7. The molecule has 3 atom stereocenters. The number of nitrogens with zero attached hydrogens (tertiary/aromatic N) is 1. The first-order chi connectivity index (χ1) is 23.3. The number of aldehydes is 1. The van der Waals surface area contributed by atoms with Gasteiger partial charge in [-0.15, -0.1) is 0 Å². The van der Waals surface area contributed by atoms with E-state index in [2.05, 4.69) is 58.8 Å². The van der Waals surface area contributed by atoms with Gasteiger partial charge in [0.05, 0.1) is 13.2 Å². The first kappa shape index (κ1) is 39.0. The third-order valence-electron chi connectivity index (χ3n) is 9.14. The lowest BCUT2D eigenvalue weighted by molar-refractivity contribution is -0.112. The maximum Gasteiger partial charge on any atom is 0.407 e. The monoisotopic (exact) mass is 682 g/mol. The molecular formula is C37H51FN4O7. The van der Waals surface area contributed by atoms with Gasteiger partial charge in [-0.1, -0.05) is 12.1 Å². The van der Waals surface area contributed by atoms with Crippen LogP contribution in [-0.4, -0.2) is 84.8 Å². The van der Waals surface area contributed by atoms with E-state index in [1.54, 1.807) is 46.1 Å². The number of carbonyl (C=O) groups excluding carboxylic acids is 3. The Hall–Kier alpha value is -4.45. The summed E-state index contributed by atoms with van der Waals surface area (Å²) in [5.41, 5.74) is 2.35. The highest BCUT2D eigenvalue weighted by atomic mass is 19.1. The number of likely N-dealkylation sites (tertiary alicyclic amines) is 1. The van der Waals surface area contributed by atoms with Crippen molar-refractivity contribution in [3.63, 3.8) is 0 Å². The largest absolute Gasteiger partial charge is 0.497 e. The molecule has 0 bridgehead atoms. The van der Waals surface area contributed by atoms with Gasteiger partial charge >= 0.3 is 12.1 Å². The van der Waals surface area contributed by atoms with Crippen molar-refractivity contribution in [2.45, 2.75) is 83.4 Å². The zero-order chi connectivity index (χ0) is 36.1. The number of alkyl carbamates (subject to hydrolysis) is 1. The van der Waals surface area contributed by atoms with Crippen LogP contribution < -0.4 is 15.4 Å². The Morgan fingerprint density at radius 3 is 2.24 bits per heavy atom. The molecule has 12 heteroatoms. The van der Waals surface area contributed by atoms with E-state index in [0.717, 1.165) is 48.6 Å². The fraction of sp³-hybridized carbons (Fsp3) is 0.514. The van der Waals surface area contributed by atoms with E-state index < -0.39 is 30.4 Å². The topological polar surface area (TPSA) is 150 Å². The molecule has 2 aromatic carbocycles. The average Bonchev–Trinajstić information content (AvgIpc) is 3.66. The van der Waals surface area contributed by atoms with Crippen LogP contribution in [-0.2, 0) is 14.3 Å². The number of rotatable bonds is 9. The molecule has 3 aromatic rings. The maximum absolute atomic E-state index is 13.1. The van der Waals surface area contributed by atoms with Crippen LogP contribution in [0, 0.1) is 11.8 Å². The number of ether oxygens (including phenoxy) is 2. The molecule has 0 radical (unpaired) electrons. The fourth-order valence-corrected chi connectivity index (χ4v) is 6.22. The second kappa shape index (κ2) is 18.4. The number of halogens is 1. The van der Waals surface area contributed by atoms with Crippen LogP contribution in [0.25, 0.3) is 10.9 Å². The molecule has 1 aromatic heterocycles. The zero-order valence-corrected chi connectivity index (χ0v) is 29.3. The van der Waals surface area contributed by atoms with Crippen LogP contribution in [0.2, 0.25) is 0 Å². The minimum absolute atomic E-state index is 0.0914. The lowest BCUT2D eigenvalue weighted by Crippen LogP contribution is -2.45. The van der Waals surface area contributed by atoms with Gasteiger partial charge in [-0.3, -0.25) is 4.79 Å². The van der Waals surface area contributed by atoms with E-state index in [1.807, 2.05) is 0 Å².